The van der Waals surface area contributed by atoms with Gasteiger partial charge in [-0.25, -0.2) is 9.18 Å². The van der Waals surface area contributed by atoms with E-state index in [0.29, 0.717) is 23.5 Å². The molecule has 2 amide bonds. The van der Waals surface area contributed by atoms with E-state index in [4.69, 9.17) is 9.47 Å². The highest BCUT2D eigenvalue weighted by Crippen LogP contribution is 2.29. The number of ether oxygens (including phenoxy) is 2. The maximum Gasteiger partial charge on any atom is 0.315 e. The van der Waals surface area contributed by atoms with Gasteiger partial charge in [-0.15, -0.1) is 0 Å². The molecular formula is C20H25FN2O3. The van der Waals surface area contributed by atoms with Crippen LogP contribution in [0.15, 0.2) is 42.5 Å². The van der Waals surface area contributed by atoms with E-state index in [1.165, 1.54) is 6.07 Å². The minimum atomic E-state index is -0.328. The Morgan fingerprint density at radius 1 is 1.08 bits per heavy atom. The summed E-state index contributed by atoms with van der Waals surface area (Å²) in [4.78, 5) is 12.3. The highest BCUT2D eigenvalue weighted by Gasteiger charge is 2.17. The fourth-order valence-electron chi connectivity index (χ4n) is 2.76. The Kier molecular flexibility index (Phi) is 6.83. The number of halogens is 1. The molecule has 0 heterocycles. The van der Waals surface area contributed by atoms with Crippen molar-refractivity contribution >= 4 is 6.03 Å². The molecular weight excluding hydrogens is 335 g/mol. The first-order valence-corrected chi connectivity index (χ1v) is 8.47. The molecule has 0 saturated heterocycles. The van der Waals surface area contributed by atoms with E-state index < -0.39 is 0 Å². The molecule has 0 bridgehead atoms. The second-order valence-electron chi connectivity index (χ2n) is 6.14. The van der Waals surface area contributed by atoms with Gasteiger partial charge in [-0.3, -0.25) is 0 Å². The number of rotatable bonds is 7. The van der Waals surface area contributed by atoms with Crippen molar-refractivity contribution in [1.29, 1.82) is 0 Å². The van der Waals surface area contributed by atoms with Crippen molar-refractivity contribution in [2.75, 3.05) is 14.2 Å². The maximum atomic E-state index is 13.7. The number of hydrogen-bond donors (Lipinski definition) is 2. The lowest BCUT2D eigenvalue weighted by Gasteiger charge is -2.20. The second-order valence-corrected chi connectivity index (χ2v) is 6.14. The molecule has 2 atom stereocenters. The molecule has 2 rings (SSSR count). The lowest BCUT2D eigenvalue weighted by molar-refractivity contribution is 0.234. The van der Waals surface area contributed by atoms with E-state index in [0.717, 1.165) is 5.56 Å². The van der Waals surface area contributed by atoms with E-state index in [2.05, 4.69) is 10.6 Å². The van der Waals surface area contributed by atoms with Crippen molar-refractivity contribution in [2.45, 2.75) is 32.4 Å². The lowest BCUT2D eigenvalue weighted by Crippen LogP contribution is -2.42. The zero-order valence-electron chi connectivity index (χ0n) is 15.5. The van der Waals surface area contributed by atoms with Gasteiger partial charge in [0.2, 0.25) is 0 Å². The van der Waals surface area contributed by atoms with Gasteiger partial charge in [0, 0.05) is 11.6 Å². The van der Waals surface area contributed by atoms with Crippen molar-refractivity contribution in [3.05, 3.63) is 59.4 Å². The minimum Gasteiger partial charge on any atom is -0.497 e. The summed E-state index contributed by atoms with van der Waals surface area (Å²) in [6, 6.07) is 11.1. The highest BCUT2D eigenvalue weighted by atomic mass is 19.1. The Bertz CT molecular complexity index is 752. The number of carbonyl (C=O) groups excluding carboxylic acids is 1. The summed E-state index contributed by atoms with van der Waals surface area (Å²) in [6.07, 6.45) is 0.414. The van der Waals surface area contributed by atoms with Gasteiger partial charge in [-0.2, -0.15) is 0 Å². The van der Waals surface area contributed by atoms with Crippen LogP contribution in [0.3, 0.4) is 0 Å². The van der Waals surface area contributed by atoms with Crippen LogP contribution in [0.5, 0.6) is 11.5 Å². The quantitative estimate of drug-likeness (QED) is 0.789. The Hall–Kier alpha value is -2.76. The van der Waals surface area contributed by atoms with Crippen LogP contribution >= 0.6 is 0 Å². The maximum absolute atomic E-state index is 13.7. The lowest BCUT2D eigenvalue weighted by atomic mass is 10.1. The largest absolute Gasteiger partial charge is 0.497 e. The molecule has 0 aliphatic carbocycles. The van der Waals surface area contributed by atoms with Gasteiger partial charge in [-0.1, -0.05) is 18.2 Å². The zero-order chi connectivity index (χ0) is 19.1. The molecule has 5 nitrogen and oxygen atoms in total. The van der Waals surface area contributed by atoms with Crippen LogP contribution in [0.25, 0.3) is 0 Å². The molecule has 2 unspecified atom stereocenters. The van der Waals surface area contributed by atoms with Crippen LogP contribution in [0.1, 0.15) is 31.0 Å². The summed E-state index contributed by atoms with van der Waals surface area (Å²) in [5, 5.41) is 5.71. The summed E-state index contributed by atoms with van der Waals surface area (Å²) in [6.45, 7) is 3.70. The van der Waals surface area contributed by atoms with Crippen molar-refractivity contribution < 1.29 is 18.7 Å². The zero-order valence-corrected chi connectivity index (χ0v) is 15.5. The third-order valence-corrected chi connectivity index (χ3v) is 4.11. The first kappa shape index (κ1) is 19.6. The molecule has 0 fully saturated rings. The van der Waals surface area contributed by atoms with Gasteiger partial charge in [0.05, 0.1) is 20.3 Å². The van der Waals surface area contributed by atoms with Gasteiger partial charge in [-0.05, 0) is 50.1 Å². The molecule has 26 heavy (non-hydrogen) atoms. The topological polar surface area (TPSA) is 59.6 Å². The van der Waals surface area contributed by atoms with Crippen LogP contribution in [-0.2, 0) is 6.42 Å². The van der Waals surface area contributed by atoms with Gasteiger partial charge in [0.15, 0.2) is 0 Å². The molecule has 0 aliphatic heterocycles. The number of hydrogen-bond acceptors (Lipinski definition) is 3. The van der Waals surface area contributed by atoms with Crippen LogP contribution in [0, 0.1) is 5.82 Å². The normalized spacial score (nSPS) is 12.8. The number of methoxy groups -OCH3 is 2. The Morgan fingerprint density at radius 3 is 2.46 bits per heavy atom. The van der Waals surface area contributed by atoms with Gasteiger partial charge < -0.3 is 20.1 Å². The van der Waals surface area contributed by atoms with Gasteiger partial charge >= 0.3 is 6.03 Å². The first-order valence-electron chi connectivity index (χ1n) is 8.47. The molecule has 0 spiro atoms. The molecule has 140 valence electrons. The fraction of sp³-hybridized carbons (Fsp3) is 0.350. The fourth-order valence-corrected chi connectivity index (χ4v) is 2.76. The van der Waals surface area contributed by atoms with Crippen molar-refractivity contribution in [1.82, 2.24) is 10.6 Å². The minimum absolute atomic E-state index is 0.216. The Labute approximate surface area is 153 Å². The van der Waals surface area contributed by atoms with Gasteiger partial charge in [0.25, 0.3) is 0 Å². The summed E-state index contributed by atoms with van der Waals surface area (Å²) in [5.74, 6) is 1.08. The van der Waals surface area contributed by atoms with Crippen LogP contribution in [0.2, 0.25) is 0 Å². The molecule has 2 N–H and O–H groups in total. The summed E-state index contributed by atoms with van der Waals surface area (Å²) in [7, 11) is 3.16. The molecule has 6 heteroatoms. The average molecular weight is 360 g/mol. The third kappa shape index (κ3) is 5.12. The monoisotopic (exact) mass is 360 g/mol. The predicted octanol–water partition coefficient (Wildman–Crippen LogP) is 3.83. The van der Waals surface area contributed by atoms with E-state index in [9.17, 15) is 9.18 Å². The van der Waals surface area contributed by atoms with E-state index in [1.807, 2.05) is 19.9 Å². The molecule has 2 aromatic rings. The number of urea groups is 1. The summed E-state index contributed by atoms with van der Waals surface area (Å²) in [5.41, 5.74) is 1.38. The number of amides is 2. The van der Waals surface area contributed by atoms with Crippen LogP contribution in [-0.4, -0.2) is 26.3 Å². The highest BCUT2D eigenvalue weighted by molar-refractivity contribution is 5.75. The van der Waals surface area contributed by atoms with E-state index in [1.54, 1.807) is 44.6 Å². The smallest absolute Gasteiger partial charge is 0.315 e. The number of benzene rings is 2. The first-order chi connectivity index (χ1) is 12.4. The number of carbonyl (C=O) groups is 1. The van der Waals surface area contributed by atoms with Gasteiger partial charge in [0.1, 0.15) is 17.3 Å². The third-order valence-electron chi connectivity index (χ3n) is 4.11. The van der Waals surface area contributed by atoms with Crippen LogP contribution < -0.4 is 20.1 Å². The molecule has 0 aromatic heterocycles. The Morgan fingerprint density at radius 2 is 1.81 bits per heavy atom. The summed E-state index contributed by atoms with van der Waals surface area (Å²) >= 11 is 0. The van der Waals surface area contributed by atoms with Crippen LogP contribution in [0.4, 0.5) is 9.18 Å². The molecule has 0 radical (unpaired) electrons. The Balaban J connectivity index is 1.97. The predicted molar refractivity (Wildman–Crippen MR) is 99.2 cm³/mol. The molecule has 0 aliphatic rings. The van der Waals surface area contributed by atoms with Crippen molar-refractivity contribution in [3.8, 4) is 11.5 Å². The average Bonchev–Trinajstić information content (AvgIpc) is 2.62. The molecule has 0 saturated carbocycles. The standard InChI is InChI=1S/C20H25FN2O3/c1-13(11-15-7-5-6-8-18(15)21)22-20(24)23-14(2)17-12-16(25-3)9-10-19(17)26-4/h5-10,12-14H,11H2,1-4H3,(H2,22,23,24). The van der Waals surface area contributed by atoms with Crippen molar-refractivity contribution in [2.24, 2.45) is 0 Å². The number of nitrogens with one attached hydrogen (secondary N) is 2. The van der Waals surface area contributed by atoms with E-state index >= 15 is 0 Å². The summed E-state index contributed by atoms with van der Waals surface area (Å²) < 4.78 is 24.3. The SMILES string of the molecule is COc1ccc(OC)c(C(C)NC(=O)NC(C)Cc2ccccc2F)c1. The molecule has 2 aromatic carbocycles. The van der Waals surface area contributed by atoms with E-state index in [-0.39, 0.29) is 23.9 Å². The van der Waals surface area contributed by atoms with Crippen molar-refractivity contribution in [3.63, 3.8) is 0 Å². The second kappa shape index (κ2) is 9.08.